The second-order valence-corrected chi connectivity index (χ2v) is 5.43. The van der Waals surface area contributed by atoms with Gasteiger partial charge in [0.2, 0.25) is 11.8 Å². The van der Waals surface area contributed by atoms with Gasteiger partial charge in [0.15, 0.2) is 0 Å². The lowest BCUT2D eigenvalue weighted by atomic mass is 9.84. The van der Waals surface area contributed by atoms with Crippen LogP contribution in [-0.4, -0.2) is 16.7 Å². The van der Waals surface area contributed by atoms with E-state index in [1.165, 1.54) is 4.90 Å². The molecule has 0 N–H and O–H groups in total. The third-order valence-electron chi connectivity index (χ3n) is 4.23. The van der Waals surface area contributed by atoms with Gasteiger partial charge in [0.1, 0.15) is 0 Å². The Morgan fingerprint density at radius 1 is 1.06 bits per heavy atom. The number of amides is 2. The first-order valence-electron chi connectivity index (χ1n) is 6.60. The van der Waals surface area contributed by atoms with Crippen LogP contribution in [0.2, 0.25) is 0 Å². The van der Waals surface area contributed by atoms with Crippen LogP contribution in [0.3, 0.4) is 0 Å². The molecule has 2 amide bonds. The van der Waals surface area contributed by atoms with E-state index in [1.54, 1.807) is 0 Å². The molecular formula is C15H17NO2. The molecule has 2 fully saturated rings. The fraction of sp³-hybridized carbons (Fsp3) is 0.467. The Balaban J connectivity index is 1.81. The van der Waals surface area contributed by atoms with Crippen LogP contribution in [0.5, 0.6) is 0 Å². The summed E-state index contributed by atoms with van der Waals surface area (Å²) in [5, 5.41) is 0. The van der Waals surface area contributed by atoms with Gasteiger partial charge in [0.05, 0.1) is 12.0 Å². The summed E-state index contributed by atoms with van der Waals surface area (Å²) in [5.74, 6) is 0.0691. The molecule has 1 aliphatic carbocycles. The molecule has 0 atom stereocenters. The van der Waals surface area contributed by atoms with Crippen molar-refractivity contribution in [3.8, 4) is 0 Å². The number of nitrogens with zero attached hydrogens (tertiary/aromatic N) is 1. The van der Waals surface area contributed by atoms with Crippen LogP contribution in [0, 0.1) is 5.41 Å². The van der Waals surface area contributed by atoms with Crippen molar-refractivity contribution < 1.29 is 9.59 Å². The lowest BCUT2D eigenvalue weighted by Gasteiger charge is -2.20. The van der Waals surface area contributed by atoms with Gasteiger partial charge in [0, 0.05) is 6.42 Å². The molecule has 0 aromatic heterocycles. The second kappa shape index (κ2) is 4.23. The maximum Gasteiger partial charge on any atom is 0.236 e. The summed E-state index contributed by atoms with van der Waals surface area (Å²) < 4.78 is 0. The highest BCUT2D eigenvalue weighted by atomic mass is 16.2. The fourth-order valence-corrected chi connectivity index (χ4v) is 3.23. The molecule has 0 radical (unpaired) electrons. The van der Waals surface area contributed by atoms with Gasteiger partial charge in [-0.05, 0) is 18.4 Å². The van der Waals surface area contributed by atoms with E-state index in [1.807, 2.05) is 30.3 Å². The summed E-state index contributed by atoms with van der Waals surface area (Å²) in [5.41, 5.74) is 0.681. The Morgan fingerprint density at radius 2 is 1.72 bits per heavy atom. The molecule has 3 rings (SSSR count). The zero-order valence-corrected chi connectivity index (χ0v) is 10.4. The molecule has 1 saturated heterocycles. The van der Waals surface area contributed by atoms with Gasteiger partial charge < -0.3 is 0 Å². The molecule has 1 spiro atoms. The largest absolute Gasteiger partial charge is 0.278 e. The van der Waals surface area contributed by atoms with Crippen LogP contribution in [-0.2, 0) is 16.1 Å². The lowest BCUT2D eigenvalue weighted by molar-refractivity contribution is -0.142. The summed E-state index contributed by atoms with van der Waals surface area (Å²) in [7, 11) is 0. The maximum absolute atomic E-state index is 12.4. The molecule has 0 bridgehead atoms. The van der Waals surface area contributed by atoms with E-state index >= 15 is 0 Å². The van der Waals surface area contributed by atoms with E-state index in [4.69, 9.17) is 0 Å². The average Bonchev–Trinajstić information content (AvgIpc) is 2.93. The van der Waals surface area contributed by atoms with E-state index in [0.717, 1.165) is 31.2 Å². The summed E-state index contributed by atoms with van der Waals surface area (Å²) in [6.45, 7) is 0.431. The minimum Gasteiger partial charge on any atom is -0.278 e. The van der Waals surface area contributed by atoms with E-state index in [-0.39, 0.29) is 17.2 Å². The smallest absolute Gasteiger partial charge is 0.236 e. The lowest BCUT2D eigenvalue weighted by Crippen LogP contribution is -2.33. The van der Waals surface area contributed by atoms with Crippen LogP contribution in [0.4, 0.5) is 0 Å². The predicted molar refractivity (Wildman–Crippen MR) is 67.5 cm³/mol. The van der Waals surface area contributed by atoms with Crippen molar-refractivity contribution in [2.45, 2.75) is 38.6 Å². The average molecular weight is 243 g/mol. The molecule has 1 aromatic carbocycles. The Bertz CT molecular complexity index is 475. The summed E-state index contributed by atoms with van der Waals surface area (Å²) in [6.07, 6.45) is 4.38. The summed E-state index contributed by atoms with van der Waals surface area (Å²) >= 11 is 0. The molecule has 2 aliphatic rings. The molecule has 3 heteroatoms. The maximum atomic E-state index is 12.4. The number of imide groups is 1. The third kappa shape index (κ3) is 1.74. The first kappa shape index (κ1) is 11.5. The monoisotopic (exact) mass is 243 g/mol. The van der Waals surface area contributed by atoms with Crippen LogP contribution >= 0.6 is 0 Å². The van der Waals surface area contributed by atoms with Crippen molar-refractivity contribution >= 4 is 11.8 Å². The van der Waals surface area contributed by atoms with Crippen molar-refractivity contribution in [1.29, 1.82) is 0 Å². The summed E-state index contributed by atoms with van der Waals surface area (Å²) in [6, 6.07) is 9.73. The van der Waals surface area contributed by atoms with Crippen LogP contribution in [0.15, 0.2) is 30.3 Å². The molecule has 1 aromatic rings. The molecule has 0 unspecified atom stereocenters. The Hall–Kier alpha value is -1.64. The highest BCUT2D eigenvalue weighted by molar-refractivity contribution is 6.05. The first-order chi connectivity index (χ1) is 8.71. The molecule has 18 heavy (non-hydrogen) atoms. The predicted octanol–water partition coefficient (Wildman–Crippen LogP) is 2.51. The number of likely N-dealkylation sites (tertiary alicyclic amines) is 1. The molecule has 94 valence electrons. The van der Waals surface area contributed by atoms with E-state index in [0.29, 0.717) is 13.0 Å². The topological polar surface area (TPSA) is 37.4 Å². The van der Waals surface area contributed by atoms with Gasteiger partial charge in [-0.15, -0.1) is 0 Å². The zero-order valence-electron chi connectivity index (χ0n) is 10.4. The Kier molecular flexibility index (Phi) is 2.69. The number of rotatable bonds is 2. The van der Waals surface area contributed by atoms with Crippen molar-refractivity contribution in [2.24, 2.45) is 5.41 Å². The number of carbonyl (C=O) groups excluding carboxylic acids is 2. The fourth-order valence-electron chi connectivity index (χ4n) is 3.23. The Morgan fingerprint density at radius 3 is 2.39 bits per heavy atom. The molecule has 1 aliphatic heterocycles. The molecular weight excluding hydrogens is 226 g/mol. The standard InChI is InChI=1S/C15H17NO2/c17-13-10-15(8-4-5-9-15)14(18)16(13)11-12-6-2-1-3-7-12/h1-3,6-7H,4-5,8-11H2. The second-order valence-electron chi connectivity index (χ2n) is 5.43. The van der Waals surface area contributed by atoms with Crippen molar-refractivity contribution in [3.05, 3.63) is 35.9 Å². The number of hydrogen-bond acceptors (Lipinski definition) is 2. The Labute approximate surface area is 107 Å². The van der Waals surface area contributed by atoms with Gasteiger partial charge in [-0.3, -0.25) is 14.5 Å². The molecule has 1 heterocycles. The van der Waals surface area contributed by atoms with E-state index in [9.17, 15) is 9.59 Å². The van der Waals surface area contributed by atoms with Crippen molar-refractivity contribution in [1.82, 2.24) is 4.90 Å². The highest BCUT2D eigenvalue weighted by Crippen LogP contribution is 2.47. The SMILES string of the molecule is O=C1CC2(CCCC2)C(=O)N1Cc1ccccc1. The van der Waals surface area contributed by atoms with Crippen LogP contribution in [0.1, 0.15) is 37.7 Å². The van der Waals surface area contributed by atoms with Crippen molar-refractivity contribution in [2.75, 3.05) is 0 Å². The number of hydrogen-bond donors (Lipinski definition) is 0. The molecule has 3 nitrogen and oxygen atoms in total. The molecule has 1 saturated carbocycles. The third-order valence-corrected chi connectivity index (χ3v) is 4.23. The highest BCUT2D eigenvalue weighted by Gasteiger charge is 2.52. The van der Waals surface area contributed by atoms with Crippen LogP contribution < -0.4 is 0 Å². The van der Waals surface area contributed by atoms with Crippen LogP contribution in [0.25, 0.3) is 0 Å². The van der Waals surface area contributed by atoms with Gasteiger partial charge in [0.25, 0.3) is 0 Å². The van der Waals surface area contributed by atoms with E-state index < -0.39 is 0 Å². The summed E-state index contributed by atoms with van der Waals surface area (Å²) in [4.78, 5) is 26.0. The van der Waals surface area contributed by atoms with Gasteiger partial charge in [-0.1, -0.05) is 43.2 Å². The quantitative estimate of drug-likeness (QED) is 0.748. The normalized spacial score (nSPS) is 22.1. The van der Waals surface area contributed by atoms with Gasteiger partial charge in [-0.25, -0.2) is 0 Å². The van der Waals surface area contributed by atoms with Gasteiger partial charge >= 0.3 is 0 Å². The minimum absolute atomic E-state index is 0.00533. The van der Waals surface area contributed by atoms with Gasteiger partial charge in [-0.2, -0.15) is 0 Å². The number of benzene rings is 1. The van der Waals surface area contributed by atoms with E-state index in [2.05, 4.69) is 0 Å². The zero-order chi connectivity index (χ0) is 12.6. The minimum atomic E-state index is -0.341. The number of carbonyl (C=O) groups is 2. The first-order valence-corrected chi connectivity index (χ1v) is 6.60. The van der Waals surface area contributed by atoms with Crippen molar-refractivity contribution in [3.63, 3.8) is 0 Å².